The number of hydrogen-bond donors (Lipinski definition) is 1. The fourth-order valence-electron chi connectivity index (χ4n) is 1.84. The summed E-state index contributed by atoms with van der Waals surface area (Å²) in [7, 11) is 0.918. The molecule has 0 amide bonds. The molecule has 1 aromatic carbocycles. The Morgan fingerprint density at radius 2 is 1.67 bits per heavy atom. The molecule has 9 heteroatoms. The Balaban J connectivity index is 3.60. The van der Waals surface area contributed by atoms with E-state index < -0.39 is 53.9 Å². The second-order valence-electron chi connectivity index (χ2n) is 4.22. The number of halogens is 7. The maximum atomic E-state index is 13.0. The summed E-state index contributed by atoms with van der Waals surface area (Å²) >= 11 is 0. The lowest BCUT2D eigenvalue weighted by Crippen LogP contribution is -2.21. The standard InChI is InChI=1S/C12H12F7NO/c1-21-9-5-6(11(14,15)16)4-7(12(17,18)19)10(9)8(20)2-3-13/h4-5,8H,2-3,20H2,1H3/t8-/m0/s1. The third kappa shape index (κ3) is 3.99. The van der Waals surface area contributed by atoms with Crippen molar-refractivity contribution >= 4 is 0 Å². The van der Waals surface area contributed by atoms with E-state index in [0.29, 0.717) is 6.07 Å². The van der Waals surface area contributed by atoms with Gasteiger partial charge in [-0.3, -0.25) is 4.39 Å². The normalized spacial score (nSPS) is 14.1. The number of ether oxygens (including phenoxy) is 1. The lowest BCUT2D eigenvalue weighted by molar-refractivity contribution is -0.143. The van der Waals surface area contributed by atoms with Crippen LogP contribution < -0.4 is 10.5 Å². The van der Waals surface area contributed by atoms with Gasteiger partial charge in [0.15, 0.2) is 0 Å². The molecule has 1 atom stereocenters. The molecule has 1 aromatic rings. The molecule has 0 unspecified atom stereocenters. The van der Waals surface area contributed by atoms with Crippen LogP contribution in [0.5, 0.6) is 5.75 Å². The summed E-state index contributed by atoms with van der Waals surface area (Å²) in [4.78, 5) is 0. The molecule has 120 valence electrons. The molecule has 0 saturated carbocycles. The minimum atomic E-state index is -5.07. The van der Waals surface area contributed by atoms with Crippen LogP contribution in [0, 0.1) is 0 Å². The van der Waals surface area contributed by atoms with Gasteiger partial charge in [-0.1, -0.05) is 0 Å². The molecule has 21 heavy (non-hydrogen) atoms. The van der Waals surface area contributed by atoms with Crippen LogP contribution >= 0.6 is 0 Å². The van der Waals surface area contributed by atoms with Gasteiger partial charge in [0.2, 0.25) is 0 Å². The van der Waals surface area contributed by atoms with E-state index in [1.807, 2.05) is 0 Å². The Hall–Kier alpha value is -1.51. The van der Waals surface area contributed by atoms with Gasteiger partial charge in [-0.15, -0.1) is 0 Å². The fourth-order valence-corrected chi connectivity index (χ4v) is 1.84. The molecule has 0 aliphatic heterocycles. The van der Waals surface area contributed by atoms with Crippen LogP contribution in [-0.2, 0) is 12.4 Å². The molecule has 0 aliphatic rings. The largest absolute Gasteiger partial charge is 0.496 e. The van der Waals surface area contributed by atoms with Gasteiger partial charge in [-0.25, -0.2) is 0 Å². The average Bonchev–Trinajstić information content (AvgIpc) is 2.35. The molecule has 0 aliphatic carbocycles. The molecule has 2 nitrogen and oxygen atoms in total. The summed E-state index contributed by atoms with van der Waals surface area (Å²) in [6.07, 6.45) is -10.5. The van der Waals surface area contributed by atoms with Gasteiger partial charge in [0, 0.05) is 11.6 Å². The molecule has 0 saturated heterocycles. The highest BCUT2D eigenvalue weighted by molar-refractivity contribution is 5.48. The first kappa shape index (κ1) is 17.5. The van der Waals surface area contributed by atoms with Crippen molar-refractivity contribution in [2.75, 3.05) is 13.8 Å². The van der Waals surface area contributed by atoms with E-state index in [2.05, 4.69) is 4.74 Å². The van der Waals surface area contributed by atoms with Crippen molar-refractivity contribution in [3.05, 3.63) is 28.8 Å². The van der Waals surface area contributed by atoms with Crippen molar-refractivity contribution in [3.63, 3.8) is 0 Å². The van der Waals surface area contributed by atoms with Gasteiger partial charge in [0.1, 0.15) is 5.75 Å². The average molecular weight is 319 g/mol. The van der Waals surface area contributed by atoms with Crippen molar-refractivity contribution in [2.24, 2.45) is 5.73 Å². The molecule has 0 heterocycles. The van der Waals surface area contributed by atoms with Crippen LogP contribution in [-0.4, -0.2) is 13.8 Å². The molecule has 2 N–H and O–H groups in total. The highest BCUT2D eigenvalue weighted by Gasteiger charge is 2.41. The monoisotopic (exact) mass is 319 g/mol. The lowest BCUT2D eigenvalue weighted by Gasteiger charge is -2.22. The number of benzene rings is 1. The quantitative estimate of drug-likeness (QED) is 0.848. The number of nitrogens with two attached hydrogens (primary N) is 1. The molecule has 1 rings (SSSR count). The first-order valence-corrected chi connectivity index (χ1v) is 5.70. The number of alkyl halides is 7. The summed E-state index contributed by atoms with van der Waals surface area (Å²) in [6, 6.07) is -1.05. The van der Waals surface area contributed by atoms with Crippen molar-refractivity contribution in [3.8, 4) is 5.75 Å². The van der Waals surface area contributed by atoms with E-state index in [1.54, 1.807) is 0 Å². The minimum Gasteiger partial charge on any atom is -0.496 e. The number of hydrogen-bond acceptors (Lipinski definition) is 2. The van der Waals surface area contributed by atoms with Crippen molar-refractivity contribution in [1.82, 2.24) is 0 Å². The van der Waals surface area contributed by atoms with Crippen LogP contribution in [0.3, 0.4) is 0 Å². The topological polar surface area (TPSA) is 35.2 Å². The van der Waals surface area contributed by atoms with Gasteiger partial charge in [-0.05, 0) is 18.6 Å². The van der Waals surface area contributed by atoms with Gasteiger partial charge in [0.25, 0.3) is 0 Å². The first-order valence-electron chi connectivity index (χ1n) is 5.70. The lowest BCUT2D eigenvalue weighted by atomic mass is 9.94. The second-order valence-corrected chi connectivity index (χ2v) is 4.22. The van der Waals surface area contributed by atoms with Crippen LogP contribution in [0.25, 0.3) is 0 Å². The van der Waals surface area contributed by atoms with E-state index in [9.17, 15) is 30.7 Å². The molecular formula is C12H12F7NO. The zero-order valence-electron chi connectivity index (χ0n) is 10.8. The van der Waals surface area contributed by atoms with E-state index in [-0.39, 0.29) is 6.07 Å². The fraction of sp³-hybridized carbons (Fsp3) is 0.500. The Kier molecular flexibility index (Phi) is 5.08. The number of methoxy groups -OCH3 is 1. The van der Waals surface area contributed by atoms with Gasteiger partial charge in [0.05, 0.1) is 24.9 Å². The predicted molar refractivity (Wildman–Crippen MR) is 60.5 cm³/mol. The number of rotatable bonds is 4. The zero-order chi connectivity index (χ0) is 16.4. The van der Waals surface area contributed by atoms with Gasteiger partial charge < -0.3 is 10.5 Å². The summed E-state index contributed by atoms with van der Waals surface area (Å²) in [6.45, 7) is -1.01. The molecule has 0 fully saturated rings. The van der Waals surface area contributed by atoms with Crippen LogP contribution in [0.1, 0.15) is 29.2 Å². The van der Waals surface area contributed by atoms with Crippen LogP contribution in [0.15, 0.2) is 12.1 Å². The van der Waals surface area contributed by atoms with E-state index >= 15 is 0 Å². The highest BCUT2D eigenvalue weighted by atomic mass is 19.4. The maximum Gasteiger partial charge on any atom is 0.416 e. The van der Waals surface area contributed by atoms with Gasteiger partial charge in [-0.2, -0.15) is 26.3 Å². The highest BCUT2D eigenvalue weighted by Crippen LogP contribution is 2.43. The Bertz CT molecular complexity index is 496. The van der Waals surface area contributed by atoms with Crippen molar-refractivity contribution < 1.29 is 35.5 Å². The van der Waals surface area contributed by atoms with Crippen LogP contribution in [0.2, 0.25) is 0 Å². The predicted octanol–water partition coefficient (Wildman–Crippen LogP) is 4.09. The maximum absolute atomic E-state index is 13.0. The summed E-state index contributed by atoms with van der Waals surface area (Å²) in [5.41, 5.74) is 1.67. The van der Waals surface area contributed by atoms with Gasteiger partial charge >= 0.3 is 12.4 Å². The van der Waals surface area contributed by atoms with Crippen LogP contribution in [0.4, 0.5) is 30.7 Å². The van der Waals surface area contributed by atoms with E-state index in [4.69, 9.17) is 5.73 Å². The Labute approximate surface area is 115 Å². The Morgan fingerprint density at radius 1 is 1.10 bits per heavy atom. The van der Waals surface area contributed by atoms with Crippen molar-refractivity contribution in [1.29, 1.82) is 0 Å². The first-order chi connectivity index (χ1) is 9.52. The summed E-state index contributed by atoms with van der Waals surface area (Å²) in [5.74, 6) is -0.668. The smallest absolute Gasteiger partial charge is 0.416 e. The molecule has 0 bridgehead atoms. The van der Waals surface area contributed by atoms with Crippen molar-refractivity contribution in [2.45, 2.75) is 24.8 Å². The second kappa shape index (κ2) is 6.08. The molecule has 0 radical (unpaired) electrons. The third-order valence-corrected chi connectivity index (χ3v) is 2.79. The minimum absolute atomic E-state index is 0.0457. The van der Waals surface area contributed by atoms with E-state index in [1.165, 1.54) is 0 Å². The summed E-state index contributed by atoms with van der Waals surface area (Å²) in [5, 5.41) is 0. The molecular weight excluding hydrogens is 307 g/mol. The Morgan fingerprint density at radius 3 is 2.05 bits per heavy atom. The third-order valence-electron chi connectivity index (χ3n) is 2.79. The molecule has 0 aromatic heterocycles. The molecule has 0 spiro atoms. The zero-order valence-corrected chi connectivity index (χ0v) is 10.8. The van der Waals surface area contributed by atoms with E-state index in [0.717, 1.165) is 7.11 Å². The summed E-state index contributed by atoms with van der Waals surface area (Å²) < 4.78 is 93.7. The SMILES string of the molecule is COc1cc(C(F)(F)F)cc(C(F)(F)F)c1[C@@H](N)CCF.